The lowest BCUT2D eigenvalue weighted by Crippen LogP contribution is -2.54. The highest BCUT2D eigenvalue weighted by molar-refractivity contribution is 7.93. The van der Waals surface area contributed by atoms with Gasteiger partial charge in [0.2, 0.25) is 5.91 Å². The Labute approximate surface area is 222 Å². The molecule has 37 heavy (non-hydrogen) atoms. The van der Waals surface area contributed by atoms with Gasteiger partial charge in [-0.1, -0.05) is 0 Å². The number of nitrogens with two attached hydrogens (primary N) is 1. The van der Waals surface area contributed by atoms with Crippen molar-refractivity contribution < 1.29 is 49.1 Å². The Kier molecular flexibility index (Phi) is 13.1. The molecule has 3 N–H and O–H groups in total. The van der Waals surface area contributed by atoms with Gasteiger partial charge in [0.25, 0.3) is 0 Å². The molecule has 3 unspecified atom stereocenters. The van der Waals surface area contributed by atoms with Crippen LogP contribution in [0, 0.1) is 5.92 Å². The maximum Gasteiger partial charge on any atom is 0.344 e. The van der Waals surface area contributed by atoms with Crippen molar-refractivity contribution in [2.75, 3.05) is 25.2 Å². The van der Waals surface area contributed by atoms with E-state index < -0.39 is 96.4 Å². The molecule has 0 spiro atoms. The van der Waals surface area contributed by atoms with Crippen molar-refractivity contribution in [1.82, 2.24) is 5.32 Å². The molecule has 0 fully saturated rings. The van der Waals surface area contributed by atoms with Crippen LogP contribution in [0.25, 0.3) is 0 Å². The highest BCUT2D eigenvalue weighted by Crippen LogP contribution is 2.30. The zero-order valence-electron chi connectivity index (χ0n) is 20.5. The van der Waals surface area contributed by atoms with Crippen molar-refractivity contribution in [3.63, 3.8) is 0 Å². The van der Waals surface area contributed by atoms with Crippen LogP contribution in [0.3, 0.4) is 0 Å². The Bertz CT molecular complexity index is 1150. The average Bonchev–Trinajstić information content (AvgIpc) is 3.30. The average molecular weight is 605 g/mol. The number of rotatable bonds is 16. The molecule has 212 valence electrons. The number of esters is 2. The van der Waals surface area contributed by atoms with Crippen LogP contribution in [0.4, 0.5) is 0 Å². The van der Waals surface area contributed by atoms with Crippen LogP contribution < -0.4 is 11.1 Å². The fourth-order valence-corrected chi connectivity index (χ4v) is 6.81. The summed E-state index contributed by atoms with van der Waals surface area (Å²) < 4.78 is 79.1. The monoisotopic (exact) mass is 604 g/mol. The molecule has 1 heterocycles. The van der Waals surface area contributed by atoms with Crippen molar-refractivity contribution in [2.24, 2.45) is 11.7 Å². The second-order valence-corrected chi connectivity index (χ2v) is 14.3. The lowest BCUT2D eigenvalue weighted by atomic mass is 9.91. The summed E-state index contributed by atoms with van der Waals surface area (Å²) in [6.07, 6.45) is -0.450. The number of carbonyl (C=O) groups is 3. The highest BCUT2D eigenvalue weighted by Gasteiger charge is 2.47. The molecule has 3 atom stereocenters. The van der Waals surface area contributed by atoms with E-state index in [1.165, 1.54) is 18.3 Å². The van der Waals surface area contributed by atoms with Crippen molar-refractivity contribution in [2.45, 2.75) is 49.3 Å². The van der Waals surface area contributed by atoms with Crippen molar-refractivity contribution in [1.29, 1.82) is 0 Å². The van der Waals surface area contributed by atoms with E-state index in [-0.39, 0.29) is 13.0 Å². The molecule has 0 aliphatic carbocycles. The van der Waals surface area contributed by atoms with E-state index in [4.69, 9.17) is 10.5 Å². The molecular weight excluding hydrogens is 572 g/mol. The van der Waals surface area contributed by atoms with E-state index in [9.17, 15) is 39.6 Å². The van der Waals surface area contributed by atoms with Gasteiger partial charge in [0.15, 0.2) is 32.1 Å². The number of hydrogen-bond donors (Lipinski definition) is 4. The van der Waals surface area contributed by atoms with Crippen molar-refractivity contribution in [3.8, 4) is 0 Å². The number of hydrogen-bond acceptors (Lipinski definition) is 13. The Morgan fingerprint density at radius 2 is 1.78 bits per heavy atom. The largest absolute Gasteiger partial charge is 0.463 e. The van der Waals surface area contributed by atoms with Gasteiger partial charge in [-0.2, -0.15) is 11.3 Å². The number of thiophene rings is 1. The zero-order valence-corrected chi connectivity index (χ0v) is 23.9. The summed E-state index contributed by atoms with van der Waals surface area (Å²) in [5.74, 6) is -4.49. The molecule has 1 aromatic rings. The molecule has 1 rings (SSSR count). The quantitative estimate of drug-likeness (QED) is 0.127. The second-order valence-electron chi connectivity index (χ2n) is 8.30. The minimum Gasteiger partial charge on any atom is -0.463 e. The first-order chi connectivity index (χ1) is 17.1. The van der Waals surface area contributed by atoms with Crippen molar-refractivity contribution >= 4 is 60.4 Å². The van der Waals surface area contributed by atoms with Gasteiger partial charge in [0.05, 0.1) is 12.4 Å². The van der Waals surface area contributed by atoms with Crippen LogP contribution in [0.15, 0.2) is 16.8 Å². The standard InChI is InChI=1S/C20H32N2O11S4/c1-4-32-17(23)11-33-19(25)13(2)22-18(24)15(9-14-5-7-34-12-14)10-20(35(26)27,36(28)29)16(21)6-8-37(3,30)31/h5,7,12-13,15-16,35-36H,4,6,8-11,21H2,1-3H3,(H,22,24). The number of thiol groups is 2. The number of nitrogens with one attached hydrogen (secondary N) is 1. The minimum absolute atomic E-state index is 0.0744. The topological polar surface area (TPSA) is 210 Å². The summed E-state index contributed by atoms with van der Waals surface area (Å²) in [6.45, 7) is 2.22. The van der Waals surface area contributed by atoms with E-state index in [2.05, 4.69) is 10.1 Å². The number of ether oxygens (including phenoxy) is 2. The van der Waals surface area contributed by atoms with Crippen LogP contribution in [-0.4, -0.2) is 84.5 Å². The molecule has 0 aromatic carbocycles. The first kappa shape index (κ1) is 32.9. The lowest BCUT2D eigenvalue weighted by Gasteiger charge is -2.32. The van der Waals surface area contributed by atoms with Crippen LogP contribution in [0.1, 0.15) is 32.3 Å². The van der Waals surface area contributed by atoms with E-state index in [1.54, 1.807) is 23.8 Å². The molecule has 0 radical (unpaired) electrons. The van der Waals surface area contributed by atoms with Crippen LogP contribution >= 0.6 is 11.3 Å². The van der Waals surface area contributed by atoms with E-state index >= 15 is 0 Å². The smallest absolute Gasteiger partial charge is 0.344 e. The number of sulfone groups is 1. The Morgan fingerprint density at radius 1 is 1.16 bits per heavy atom. The molecule has 0 aliphatic heterocycles. The fraction of sp³-hybridized carbons (Fsp3) is 0.650. The lowest BCUT2D eigenvalue weighted by molar-refractivity contribution is -0.159. The molecule has 0 aliphatic rings. The van der Waals surface area contributed by atoms with Crippen LogP contribution in [0.5, 0.6) is 0 Å². The summed E-state index contributed by atoms with van der Waals surface area (Å²) in [4.78, 5) is 36.7. The summed E-state index contributed by atoms with van der Waals surface area (Å²) >= 11 is 1.29. The van der Waals surface area contributed by atoms with Gasteiger partial charge in [-0.25, -0.2) is 34.8 Å². The van der Waals surface area contributed by atoms with E-state index in [0.717, 1.165) is 6.26 Å². The number of carbonyl (C=O) groups excluding carboxylic acids is 3. The highest BCUT2D eigenvalue weighted by atomic mass is 32.2. The Balaban J connectivity index is 3.23. The normalized spacial score (nSPS) is 14.6. The maximum atomic E-state index is 13.2. The third-order valence-electron chi connectivity index (χ3n) is 5.36. The third kappa shape index (κ3) is 10.3. The van der Waals surface area contributed by atoms with E-state index in [0.29, 0.717) is 5.56 Å². The molecule has 17 heteroatoms. The molecule has 0 bridgehead atoms. The van der Waals surface area contributed by atoms with Gasteiger partial charge in [-0.3, -0.25) is 4.79 Å². The first-order valence-corrected chi connectivity index (χ1v) is 16.4. The predicted molar refractivity (Wildman–Crippen MR) is 137 cm³/mol. The van der Waals surface area contributed by atoms with E-state index in [1.807, 2.05) is 0 Å². The zero-order chi connectivity index (χ0) is 28.4. The van der Waals surface area contributed by atoms with Gasteiger partial charge < -0.3 is 20.5 Å². The first-order valence-electron chi connectivity index (χ1n) is 11.0. The summed E-state index contributed by atoms with van der Waals surface area (Å²) in [7, 11) is -11.2. The molecule has 13 nitrogen and oxygen atoms in total. The van der Waals surface area contributed by atoms with Gasteiger partial charge in [-0.15, -0.1) is 0 Å². The SMILES string of the molecule is CCOC(=O)COC(=O)C(C)NC(=O)C(Cc1ccsc1)CC(C(N)CCS(C)(=O)=O)([SH](=O)=O)[SH](=O)=O. The summed E-state index contributed by atoms with van der Waals surface area (Å²) in [5, 5.41) is 5.73. The molecular formula is C20H32N2O11S4. The maximum absolute atomic E-state index is 13.2. The van der Waals surface area contributed by atoms with Crippen molar-refractivity contribution in [3.05, 3.63) is 22.4 Å². The van der Waals surface area contributed by atoms with Gasteiger partial charge in [-0.05, 0) is 55.5 Å². The summed E-state index contributed by atoms with van der Waals surface area (Å²) in [5.41, 5.74) is 6.55. The predicted octanol–water partition coefficient (Wildman–Crippen LogP) is -1.41. The molecule has 0 saturated heterocycles. The molecule has 1 amide bonds. The third-order valence-corrected chi connectivity index (χ3v) is 10.3. The summed E-state index contributed by atoms with van der Waals surface area (Å²) in [6, 6.07) is -1.27. The Morgan fingerprint density at radius 3 is 2.27 bits per heavy atom. The Hall–Kier alpha value is -2.08. The van der Waals surface area contributed by atoms with Gasteiger partial charge in [0.1, 0.15) is 15.9 Å². The van der Waals surface area contributed by atoms with Crippen LogP contribution in [-0.2, 0) is 61.5 Å². The van der Waals surface area contributed by atoms with Gasteiger partial charge in [0, 0.05) is 18.2 Å². The molecule has 0 saturated carbocycles. The fourth-order valence-electron chi connectivity index (χ4n) is 3.37. The number of amides is 1. The van der Waals surface area contributed by atoms with Gasteiger partial charge >= 0.3 is 11.9 Å². The minimum atomic E-state index is -3.78. The second kappa shape index (κ2) is 14.8. The molecule has 1 aromatic heterocycles. The van der Waals surface area contributed by atoms with Crippen LogP contribution in [0.2, 0.25) is 0 Å².